The Labute approximate surface area is 172 Å². The fourth-order valence-corrected chi connectivity index (χ4v) is 3.61. The van der Waals surface area contributed by atoms with Crippen molar-refractivity contribution in [3.63, 3.8) is 0 Å². The second-order valence-corrected chi connectivity index (χ2v) is 7.60. The molecule has 154 valence electrons. The van der Waals surface area contributed by atoms with Crippen molar-refractivity contribution in [3.05, 3.63) is 53.6 Å². The van der Waals surface area contributed by atoms with E-state index in [0.29, 0.717) is 6.42 Å². The first kappa shape index (κ1) is 20.9. The van der Waals surface area contributed by atoms with Gasteiger partial charge in [0.1, 0.15) is 0 Å². The van der Waals surface area contributed by atoms with Crippen LogP contribution >= 0.6 is 0 Å². The monoisotopic (exact) mass is 394 g/mol. The number of carbonyl (C=O) groups excluding carboxylic acids is 2. The number of carbonyl (C=O) groups is 2. The first-order chi connectivity index (χ1) is 13.9. The smallest absolute Gasteiger partial charge is 0.225 e. The van der Waals surface area contributed by atoms with Gasteiger partial charge in [-0.3, -0.25) is 14.5 Å². The second kappa shape index (κ2) is 9.56. The zero-order valence-corrected chi connectivity index (χ0v) is 17.5. The van der Waals surface area contributed by atoms with Gasteiger partial charge < -0.3 is 15.5 Å². The SMILES string of the molecule is CC(=O)Nc1ccc(NC(=O)CCN2CCN(c3cccc(C)c3C)CC2)cc1. The molecule has 1 aliphatic heterocycles. The van der Waals surface area contributed by atoms with Gasteiger partial charge in [-0.15, -0.1) is 0 Å². The molecule has 0 aromatic heterocycles. The zero-order chi connectivity index (χ0) is 20.8. The van der Waals surface area contributed by atoms with Gasteiger partial charge in [0.25, 0.3) is 0 Å². The summed E-state index contributed by atoms with van der Waals surface area (Å²) in [6, 6.07) is 13.6. The highest BCUT2D eigenvalue weighted by Gasteiger charge is 2.19. The van der Waals surface area contributed by atoms with Crippen LogP contribution in [0.4, 0.5) is 17.1 Å². The summed E-state index contributed by atoms with van der Waals surface area (Å²) in [6.07, 6.45) is 0.469. The maximum Gasteiger partial charge on any atom is 0.225 e. The molecule has 0 bridgehead atoms. The third-order valence-corrected chi connectivity index (χ3v) is 5.43. The molecule has 0 saturated carbocycles. The van der Waals surface area contributed by atoms with E-state index in [1.807, 2.05) is 0 Å². The maximum atomic E-state index is 12.3. The predicted octanol–water partition coefficient (Wildman–Crippen LogP) is 3.41. The van der Waals surface area contributed by atoms with E-state index < -0.39 is 0 Å². The summed E-state index contributed by atoms with van der Waals surface area (Å²) in [5.41, 5.74) is 5.46. The van der Waals surface area contributed by atoms with E-state index in [0.717, 1.165) is 44.1 Å². The Bertz CT molecular complexity index is 856. The summed E-state index contributed by atoms with van der Waals surface area (Å²) < 4.78 is 0. The van der Waals surface area contributed by atoms with E-state index in [2.05, 4.69) is 52.5 Å². The van der Waals surface area contributed by atoms with Crippen molar-refractivity contribution in [1.29, 1.82) is 0 Å². The van der Waals surface area contributed by atoms with Crippen LogP contribution in [0.15, 0.2) is 42.5 Å². The van der Waals surface area contributed by atoms with E-state index in [1.54, 1.807) is 24.3 Å². The first-order valence-electron chi connectivity index (χ1n) is 10.1. The quantitative estimate of drug-likeness (QED) is 0.788. The molecule has 1 saturated heterocycles. The van der Waals surface area contributed by atoms with Crippen LogP contribution < -0.4 is 15.5 Å². The maximum absolute atomic E-state index is 12.3. The highest BCUT2D eigenvalue weighted by Crippen LogP contribution is 2.24. The Balaban J connectivity index is 1.42. The van der Waals surface area contributed by atoms with Crippen LogP contribution in [0.25, 0.3) is 0 Å². The van der Waals surface area contributed by atoms with Crippen molar-refractivity contribution < 1.29 is 9.59 Å². The molecule has 1 aliphatic rings. The van der Waals surface area contributed by atoms with Crippen molar-refractivity contribution in [2.24, 2.45) is 0 Å². The van der Waals surface area contributed by atoms with Gasteiger partial charge in [0.05, 0.1) is 0 Å². The number of amides is 2. The lowest BCUT2D eigenvalue weighted by atomic mass is 10.1. The summed E-state index contributed by atoms with van der Waals surface area (Å²) in [5.74, 6) is -0.103. The van der Waals surface area contributed by atoms with Crippen molar-refractivity contribution in [3.8, 4) is 0 Å². The highest BCUT2D eigenvalue weighted by atomic mass is 16.2. The molecular formula is C23H30N4O2. The topological polar surface area (TPSA) is 64.7 Å². The highest BCUT2D eigenvalue weighted by molar-refractivity contribution is 5.92. The number of nitrogens with one attached hydrogen (secondary N) is 2. The van der Waals surface area contributed by atoms with E-state index in [-0.39, 0.29) is 11.8 Å². The van der Waals surface area contributed by atoms with Gasteiger partial charge >= 0.3 is 0 Å². The molecule has 2 aromatic rings. The largest absolute Gasteiger partial charge is 0.369 e. The molecule has 6 nitrogen and oxygen atoms in total. The summed E-state index contributed by atoms with van der Waals surface area (Å²) in [5, 5.41) is 5.63. The van der Waals surface area contributed by atoms with Crippen molar-refractivity contribution in [2.45, 2.75) is 27.2 Å². The zero-order valence-electron chi connectivity index (χ0n) is 17.5. The van der Waals surface area contributed by atoms with Crippen LogP contribution in [0, 0.1) is 13.8 Å². The van der Waals surface area contributed by atoms with Gasteiger partial charge in [0, 0.05) is 63.1 Å². The number of piperazine rings is 1. The minimum absolute atomic E-state index is 0.00855. The summed E-state index contributed by atoms with van der Waals surface area (Å²) in [6.45, 7) is 10.5. The van der Waals surface area contributed by atoms with Crippen molar-refractivity contribution in [1.82, 2.24) is 4.90 Å². The normalized spacial score (nSPS) is 14.5. The van der Waals surface area contributed by atoms with Gasteiger partial charge in [-0.1, -0.05) is 12.1 Å². The fourth-order valence-electron chi connectivity index (χ4n) is 3.61. The number of rotatable bonds is 6. The van der Waals surface area contributed by atoms with Crippen LogP contribution in [0.3, 0.4) is 0 Å². The summed E-state index contributed by atoms with van der Waals surface area (Å²) in [7, 11) is 0. The van der Waals surface area contributed by atoms with Crippen molar-refractivity contribution >= 4 is 28.9 Å². The fraction of sp³-hybridized carbons (Fsp3) is 0.391. The van der Waals surface area contributed by atoms with E-state index >= 15 is 0 Å². The second-order valence-electron chi connectivity index (χ2n) is 7.60. The van der Waals surface area contributed by atoms with E-state index in [4.69, 9.17) is 0 Å². The molecule has 3 rings (SSSR count). The lowest BCUT2D eigenvalue weighted by molar-refractivity contribution is -0.116. The van der Waals surface area contributed by atoms with Gasteiger partial charge in [-0.05, 0) is 55.3 Å². The minimum atomic E-state index is -0.112. The molecule has 2 aromatic carbocycles. The molecule has 29 heavy (non-hydrogen) atoms. The van der Waals surface area contributed by atoms with Crippen LogP contribution in [0.5, 0.6) is 0 Å². The Hall–Kier alpha value is -2.86. The molecular weight excluding hydrogens is 364 g/mol. The number of anilines is 3. The van der Waals surface area contributed by atoms with Gasteiger partial charge in [0.2, 0.25) is 11.8 Å². The first-order valence-corrected chi connectivity index (χ1v) is 10.1. The third-order valence-electron chi connectivity index (χ3n) is 5.43. The number of nitrogens with zero attached hydrogens (tertiary/aromatic N) is 2. The average molecular weight is 395 g/mol. The Morgan fingerprint density at radius 1 is 0.897 bits per heavy atom. The molecule has 0 atom stereocenters. The van der Waals surface area contributed by atoms with Crippen LogP contribution in [0.1, 0.15) is 24.5 Å². The number of benzene rings is 2. The van der Waals surface area contributed by atoms with Crippen LogP contribution in [-0.2, 0) is 9.59 Å². The number of aryl methyl sites for hydroxylation is 1. The standard InChI is InChI=1S/C23H30N4O2/c1-17-5-4-6-22(18(17)2)27-15-13-26(14-16-27)12-11-23(29)25-21-9-7-20(8-10-21)24-19(3)28/h4-10H,11-16H2,1-3H3,(H,24,28)(H,25,29). The average Bonchev–Trinajstić information content (AvgIpc) is 2.70. The van der Waals surface area contributed by atoms with E-state index in [1.165, 1.54) is 23.7 Å². The molecule has 0 aliphatic carbocycles. The Morgan fingerprint density at radius 2 is 1.52 bits per heavy atom. The minimum Gasteiger partial charge on any atom is -0.369 e. The molecule has 1 fully saturated rings. The lowest BCUT2D eigenvalue weighted by Crippen LogP contribution is -2.47. The van der Waals surface area contributed by atoms with Crippen molar-refractivity contribution in [2.75, 3.05) is 48.3 Å². The molecule has 1 heterocycles. The molecule has 0 radical (unpaired) electrons. The Kier molecular flexibility index (Phi) is 6.88. The van der Waals surface area contributed by atoms with Gasteiger partial charge in [-0.25, -0.2) is 0 Å². The van der Waals surface area contributed by atoms with E-state index in [9.17, 15) is 9.59 Å². The van der Waals surface area contributed by atoms with Crippen LogP contribution in [-0.4, -0.2) is 49.4 Å². The molecule has 2 N–H and O–H groups in total. The number of hydrogen-bond acceptors (Lipinski definition) is 4. The number of hydrogen-bond donors (Lipinski definition) is 2. The molecule has 6 heteroatoms. The van der Waals surface area contributed by atoms with Gasteiger partial charge in [-0.2, -0.15) is 0 Å². The third kappa shape index (κ3) is 5.81. The summed E-state index contributed by atoms with van der Waals surface area (Å²) in [4.78, 5) is 28.1. The van der Waals surface area contributed by atoms with Crippen LogP contribution in [0.2, 0.25) is 0 Å². The van der Waals surface area contributed by atoms with Gasteiger partial charge in [0.15, 0.2) is 0 Å². The Morgan fingerprint density at radius 3 is 2.14 bits per heavy atom. The lowest BCUT2D eigenvalue weighted by Gasteiger charge is -2.37. The molecule has 0 unspecified atom stereocenters. The molecule has 2 amide bonds. The predicted molar refractivity (Wildman–Crippen MR) is 119 cm³/mol. The summed E-state index contributed by atoms with van der Waals surface area (Å²) >= 11 is 0. The molecule has 0 spiro atoms.